The zero-order valence-electron chi connectivity index (χ0n) is 10.7. The molecule has 0 aromatic carbocycles. The lowest BCUT2D eigenvalue weighted by Crippen LogP contribution is -2.43. The van der Waals surface area contributed by atoms with E-state index in [1.807, 2.05) is 6.92 Å². The maximum Gasteiger partial charge on any atom is 0.307 e. The molecule has 0 aromatic heterocycles. The van der Waals surface area contributed by atoms with Gasteiger partial charge in [-0.2, -0.15) is 0 Å². The van der Waals surface area contributed by atoms with Crippen molar-refractivity contribution in [1.29, 1.82) is 0 Å². The Kier molecular flexibility index (Phi) is 3.90. The average molecular weight is 255 g/mol. The van der Waals surface area contributed by atoms with Gasteiger partial charge in [-0.25, -0.2) is 0 Å². The number of aliphatic hydroxyl groups excluding tert-OH is 1. The van der Waals surface area contributed by atoms with E-state index >= 15 is 0 Å². The van der Waals surface area contributed by atoms with Crippen LogP contribution in [0.15, 0.2) is 0 Å². The van der Waals surface area contributed by atoms with Crippen LogP contribution in [0.1, 0.15) is 32.6 Å². The summed E-state index contributed by atoms with van der Waals surface area (Å²) < 4.78 is 0. The van der Waals surface area contributed by atoms with Crippen LogP contribution in [0.25, 0.3) is 0 Å². The van der Waals surface area contributed by atoms with Gasteiger partial charge < -0.3 is 15.1 Å². The third kappa shape index (κ3) is 2.36. The fourth-order valence-electron chi connectivity index (χ4n) is 3.37. The Balaban J connectivity index is 2.10. The lowest BCUT2D eigenvalue weighted by atomic mass is 9.94. The number of amides is 1. The fourth-order valence-corrected chi connectivity index (χ4v) is 3.37. The van der Waals surface area contributed by atoms with E-state index in [-0.39, 0.29) is 24.5 Å². The molecule has 2 N–H and O–H groups in total. The van der Waals surface area contributed by atoms with E-state index in [4.69, 9.17) is 0 Å². The van der Waals surface area contributed by atoms with Gasteiger partial charge in [0.2, 0.25) is 5.91 Å². The van der Waals surface area contributed by atoms with Crippen LogP contribution in [0, 0.1) is 17.8 Å². The normalized spacial score (nSPS) is 36.0. The van der Waals surface area contributed by atoms with Crippen LogP contribution in [0.5, 0.6) is 0 Å². The van der Waals surface area contributed by atoms with Gasteiger partial charge in [0.05, 0.1) is 24.5 Å². The lowest BCUT2D eigenvalue weighted by molar-refractivity contribution is -0.149. The second kappa shape index (κ2) is 5.26. The minimum Gasteiger partial charge on any atom is -0.481 e. The molecule has 1 heterocycles. The molecule has 2 rings (SSSR count). The van der Waals surface area contributed by atoms with Gasteiger partial charge in [0, 0.05) is 6.54 Å². The Morgan fingerprint density at radius 1 is 1.28 bits per heavy atom. The van der Waals surface area contributed by atoms with Crippen molar-refractivity contribution in [2.45, 2.75) is 38.6 Å². The highest BCUT2D eigenvalue weighted by Crippen LogP contribution is 2.38. The first-order valence-corrected chi connectivity index (χ1v) is 6.68. The first-order valence-electron chi connectivity index (χ1n) is 6.68. The number of carboxylic acids is 1. The smallest absolute Gasteiger partial charge is 0.307 e. The van der Waals surface area contributed by atoms with Gasteiger partial charge in [-0.3, -0.25) is 9.59 Å². The van der Waals surface area contributed by atoms with E-state index in [1.54, 1.807) is 4.90 Å². The number of carbonyl (C=O) groups is 2. The molecule has 102 valence electrons. The van der Waals surface area contributed by atoms with Gasteiger partial charge in [-0.1, -0.05) is 6.92 Å². The standard InChI is InChI=1S/C13H21NO4/c1-8-5-10(11(6-8)13(17)18)12(16)14-4-2-3-9(14)7-15/h8-11,15H,2-7H2,1H3,(H,17,18)/t8?,9-,10?,11?/m1/s1. The Bertz CT molecular complexity index is 344. The lowest BCUT2D eigenvalue weighted by Gasteiger charge is -2.27. The summed E-state index contributed by atoms with van der Waals surface area (Å²) in [5, 5.41) is 18.4. The highest BCUT2D eigenvalue weighted by Gasteiger charge is 2.44. The number of aliphatic hydroxyl groups is 1. The molecule has 5 nitrogen and oxygen atoms in total. The molecule has 1 amide bonds. The molecule has 0 spiro atoms. The molecule has 3 unspecified atom stereocenters. The number of carboxylic acid groups (broad SMARTS) is 1. The summed E-state index contributed by atoms with van der Waals surface area (Å²) >= 11 is 0. The van der Waals surface area contributed by atoms with E-state index in [2.05, 4.69) is 0 Å². The predicted molar refractivity (Wildman–Crippen MR) is 64.8 cm³/mol. The molecule has 18 heavy (non-hydrogen) atoms. The third-order valence-corrected chi connectivity index (χ3v) is 4.30. The molecule has 5 heteroatoms. The Hall–Kier alpha value is -1.10. The van der Waals surface area contributed by atoms with Crippen LogP contribution in [-0.4, -0.2) is 46.2 Å². The summed E-state index contributed by atoms with van der Waals surface area (Å²) in [7, 11) is 0. The maximum absolute atomic E-state index is 12.4. The molecule has 2 fully saturated rings. The van der Waals surface area contributed by atoms with Gasteiger partial charge in [-0.05, 0) is 31.6 Å². The summed E-state index contributed by atoms with van der Waals surface area (Å²) in [5.74, 6) is -1.59. The van der Waals surface area contributed by atoms with Crippen molar-refractivity contribution in [3.8, 4) is 0 Å². The summed E-state index contributed by atoms with van der Waals surface area (Å²) in [6.45, 7) is 2.63. The summed E-state index contributed by atoms with van der Waals surface area (Å²) in [4.78, 5) is 25.3. The molecule has 1 saturated carbocycles. The van der Waals surface area contributed by atoms with Crippen molar-refractivity contribution in [1.82, 2.24) is 4.90 Å². The first-order chi connectivity index (χ1) is 8.54. The number of hydrogen-bond donors (Lipinski definition) is 2. The number of aliphatic carboxylic acids is 1. The van der Waals surface area contributed by atoms with Crippen molar-refractivity contribution < 1.29 is 19.8 Å². The second-order valence-corrected chi connectivity index (χ2v) is 5.64. The van der Waals surface area contributed by atoms with Gasteiger partial charge >= 0.3 is 5.97 Å². The van der Waals surface area contributed by atoms with E-state index < -0.39 is 17.8 Å². The van der Waals surface area contributed by atoms with Crippen molar-refractivity contribution in [3.05, 3.63) is 0 Å². The third-order valence-electron chi connectivity index (χ3n) is 4.30. The Morgan fingerprint density at radius 3 is 2.56 bits per heavy atom. The zero-order valence-corrected chi connectivity index (χ0v) is 10.7. The number of carbonyl (C=O) groups excluding carboxylic acids is 1. The van der Waals surface area contributed by atoms with E-state index in [1.165, 1.54) is 0 Å². The predicted octanol–water partition coefficient (Wildman–Crippen LogP) is 0.717. The molecular weight excluding hydrogens is 234 g/mol. The van der Waals surface area contributed by atoms with E-state index in [0.29, 0.717) is 19.4 Å². The van der Waals surface area contributed by atoms with Gasteiger partial charge in [0.1, 0.15) is 0 Å². The van der Waals surface area contributed by atoms with Crippen molar-refractivity contribution in [2.24, 2.45) is 17.8 Å². The number of rotatable bonds is 3. The largest absolute Gasteiger partial charge is 0.481 e. The highest BCUT2D eigenvalue weighted by molar-refractivity contribution is 5.85. The van der Waals surface area contributed by atoms with Gasteiger partial charge in [0.25, 0.3) is 0 Å². The van der Waals surface area contributed by atoms with Crippen molar-refractivity contribution >= 4 is 11.9 Å². The molecular formula is C13H21NO4. The first kappa shape index (κ1) is 13.3. The molecule has 1 aliphatic carbocycles. The highest BCUT2D eigenvalue weighted by atomic mass is 16.4. The van der Waals surface area contributed by atoms with Gasteiger partial charge in [0.15, 0.2) is 0 Å². The minimum absolute atomic E-state index is 0.0221. The monoisotopic (exact) mass is 255 g/mol. The molecule has 0 bridgehead atoms. The summed E-state index contributed by atoms with van der Waals surface area (Å²) in [6.07, 6.45) is 2.97. The van der Waals surface area contributed by atoms with Crippen molar-refractivity contribution in [2.75, 3.05) is 13.2 Å². The molecule has 0 aromatic rings. The molecule has 2 aliphatic rings. The Morgan fingerprint density at radius 2 is 1.94 bits per heavy atom. The molecule has 4 atom stereocenters. The minimum atomic E-state index is -0.863. The van der Waals surface area contributed by atoms with Crippen LogP contribution < -0.4 is 0 Å². The number of nitrogens with zero attached hydrogens (tertiary/aromatic N) is 1. The zero-order chi connectivity index (χ0) is 13.3. The Labute approximate surface area is 107 Å². The topological polar surface area (TPSA) is 77.8 Å². The molecule has 1 aliphatic heterocycles. The number of hydrogen-bond acceptors (Lipinski definition) is 3. The number of likely N-dealkylation sites (tertiary alicyclic amines) is 1. The molecule has 0 radical (unpaired) electrons. The quantitative estimate of drug-likeness (QED) is 0.779. The summed E-state index contributed by atoms with van der Waals surface area (Å²) in [6, 6.07) is -0.108. The van der Waals surface area contributed by atoms with Crippen LogP contribution >= 0.6 is 0 Å². The summed E-state index contributed by atoms with van der Waals surface area (Å²) in [5.41, 5.74) is 0. The van der Waals surface area contributed by atoms with E-state index in [9.17, 15) is 19.8 Å². The van der Waals surface area contributed by atoms with Crippen LogP contribution in [0.2, 0.25) is 0 Å². The second-order valence-electron chi connectivity index (χ2n) is 5.64. The van der Waals surface area contributed by atoms with Crippen LogP contribution in [0.4, 0.5) is 0 Å². The fraction of sp³-hybridized carbons (Fsp3) is 0.846. The maximum atomic E-state index is 12.4. The van der Waals surface area contributed by atoms with Crippen LogP contribution in [-0.2, 0) is 9.59 Å². The van der Waals surface area contributed by atoms with Crippen LogP contribution in [0.3, 0.4) is 0 Å². The van der Waals surface area contributed by atoms with Crippen molar-refractivity contribution in [3.63, 3.8) is 0 Å². The van der Waals surface area contributed by atoms with Gasteiger partial charge in [-0.15, -0.1) is 0 Å². The van der Waals surface area contributed by atoms with E-state index in [0.717, 1.165) is 12.8 Å². The average Bonchev–Trinajstić information content (AvgIpc) is 2.93. The SMILES string of the molecule is CC1CC(C(=O)O)C(C(=O)N2CCC[C@@H]2CO)C1. The molecule has 1 saturated heterocycles.